The molecule has 7 heteroatoms. The van der Waals surface area contributed by atoms with Crippen molar-refractivity contribution in [2.24, 2.45) is 5.92 Å². The van der Waals surface area contributed by atoms with Gasteiger partial charge in [-0.05, 0) is 75.0 Å². The number of nitrogens with two attached hydrogens (primary N) is 1. The summed E-state index contributed by atoms with van der Waals surface area (Å²) in [6.45, 7) is 5.11. The predicted molar refractivity (Wildman–Crippen MR) is 124 cm³/mol. The van der Waals surface area contributed by atoms with E-state index in [0.29, 0.717) is 10.8 Å². The molecule has 154 valence electrons. The zero-order valence-electron chi connectivity index (χ0n) is 16.8. The van der Waals surface area contributed by atoms with Gasteiger partial charge in [-0.3, -0.25) is 0 Å². The summed E-state index contributed by atoms with van der Waals surface area (Å²) in [6, 6.07) is 5.69. The Balaban J connectivity index is 1.46. The van der Waals surface area contributed by atoms with Gasteiger partial charge in [-0.15, -0.1) is 11.8 Å². The first-order chi connectivity index (χ1) is 13.9. The first-order valence-corrected chi connectivity index (χ1v) is 11.9. The van der Waals surface area contributed by atoms with Gasteiger partial charge in [-0.2, -0.15) is 0 Å². The van der Waals surface area contributed by atoms with Crippen molar-refractivity contribution in [2.45, 2.75) is 57.4 Å². The molecule has 0 atom stereocenters. The first kappa shape index (κ1) is 20.8. The molecule has 0 aliphatic heterocycles. The van der Waals surface area contributed by atoms with Gasteiger partial charge < -0.3 is 10.3 Å². The number of fused-ring (bicyclic) bond motifs is 1. The summed E-state index contributed by atoms with van der Waals surface area (Å²) in [4.78, 5) is 10.5. The van der Waals surface area contributed by atoms with Gasteiger partial charge in [0.25, 0.3) is 0 Å². The van der Waals surface area contributed by atoms with Gasteiger partial charge >= 0.3 is 0 Å². The number of aryl methyl sites for hydroxylation is 3. The van der Waals surface area contributed by atoms with Crippen molar-refractivity contribution >= 4 is 51.8 Å². The van der Waals surface area contributed by atoms with Crippen LogP contribution < -0.4 is 5.73 Å². The van der Waals surface area contributed by atoms with Crippen molar-refractivity contribution in [3.63, 3.8) is 0 Å². The van der Waals surface area contributed by atoms with Crippen LogP contribution in [-0.4, -0.2) is 20.3 Å². The molecule has 4 rings (SSSR count). The number of aromatic nitrogens is 3. The minimum absolute atomic E-state index is 0.548. The van der Waals surface area contributed by atoms with Crippen molar-refractivity contribution in [2.75, 3.05) is 11.5 Å². The minimum Gasteiger partial charge on any atom is -0.382 e. The molecule has 0 spiro atoms. The molecule has 0 bridgehead atoms. The van der Waals surface area contributed by atoms with Crippen molar-refractivity contribution in [1.29, 1.82) is 0 Å². The number of nitrogen functional groups attached to an aromatic ring is 1. The van der Waals surface area contributed by atoms with Crippen LogP contribution in [-0.2, 0) is 13.0 Å². The first-order valence-electron chi connectivity index (χ1n) is 10.1. The molecular weight excluding hydrogens is 423 g/mol. The number of rotatable bonds is 8. The van der Waals surface area contributed by atoms with Gasteiger partial charge in [0.2, 0.25) is 0 Å². The lowest BCUT2D eigenvalue weighted by Gasteiger charge is -2.12. The number of thioether (sulfide) groups is 1. The highest BCUT2D eigenvalue weighted by Crippen LogP contribution is 2.35. The molecule has 1 aromatic carbocycles. The summed E-state index contributed by atoms with van der Waals surface area (Å²) < 4.78 is 2.40. The highest BCUT2D eigenvalue weighted by Gasteiger charge is 2.26. The van der Waals surface area contributed by atoms with E-state index in [1.54, 1.807) is 17.8 Å². The van der Waals surface area contributed by atoms with E-state index in [-0.39, 0.29) is 0 Å². The third-order valence-corrected chi connectivity index (χ3v) is 7.39. The molecule has 0 saturated heterocycles. The zero-order valence-corrected chi connectivity index (χ0v) is 19.2. The van der Waals surface area contributed by atoms with Crippen LogP contribution in [0.15, 0.2) is 23.1 Å². The average molecular weight is 449 g/mol. The quantitative estimate of drug-likeness (QED) is 0.317. The standard InChI is InChI=1S/C22H26Cl2N4S/c1-13-14(2)26-22(25)20-21(13)28(19(27-20)11-15-5-6-15)9-3-4-10-29-18-8-7-16(23)12-17(18)24/h7-8,12,15H,3-6,9-11H2,1-2H3,(H2,25,26). The topological polar surface area (TPSA) is 56.7 Å². The van der Waals surface area contributed by atoms with Crippen LogP contribution in [0.3, 0.4) is 0 Å². The summed E-state index contributed by atoms with van der Waals surface area (Å²) in [6.07, 6.45) is 5.86. The Morgan fingerprint density at radius 3 is 2.69 bits per heavy atom. The van der Waals surface area contributed by atoms with Gasteiger partial charge in [0.1, 0.15) is 11.3 Å². The fourth-order valence-electron chi connectivity index (χ4n) is 3.67. The Bertz CT molecular complexity index is 1040. The van der Waals surface area contributed by atoms with Crippen LogP contribution >= 0.6 is 35.0 Å². The third kappa shape index (κ3) is 4.68. The number of pyridine rings is 1. The van der Waals surface area contributed by atoms with E-state index >= 15 is 0 Å². The number of imidazole rings is 1. The van der Waals surface area contributed by atoms with E-state index < -0.39 is 0 Å². The van der Waals surface area contributed by atoms with Gasteiger partial charge in [0, 0.05) is 28.6 Å². The van der Waals surface area contributed by atoms with Crippen molar-refractivity contribution in [3.05, 3.63) is 45.3 Å². The van der Waals surface area contributed by atoms with Crippen LogP contribution in [0.25, 0.3) is 11.0 Å². The van der Waals surface area contributed by atoms with E-state index in [2.05, 4.69) is 16.5 Å². The monoisotopic (exact) mass is 448 g/mol. The van der Waals surface area contributed by atoms with Crippen LogP contribution in [0, 0.1) is 19.8 Å². The lowest BCUT2D eigenvalue weighted by atomic mass is 10.2. The molecule has 0 radical (unpaired) electrons. The molecule has 4 nitrogen and oxygen atoms in total. The number of nitrogens with zero attached hydrogens (tertiary/aromatic N) is 3. The number of hydrogen-bond donors (Lipinski definition) is 1. The van der Waals surface area contributed by atoms with Crippen LogP contribution in [0.2, 0.25) is 10.0 Å². The summed E-state index contributed by atoms with van der Waals surface area (Å²) >= 11 is 14.0. The van der Waals surface area contributed by atoms with Crippen molar-refractivity contribution in [3.8, 4) is 0 Å². The Morgan fingerprint density at radius 1 is 1.17 bits per heavy atom. The summed E-state index contributed by atoms with van der Waals surface area (Å²) in [5.74, 6) is 3.52. The lowest BCUT2D eigenvalue weighted by Crippen LogP contribution is -2.07. The highest BCUT2D eigenvalue weighted by atomic mass is 35.5. The second kappa shape index (κ2) is 8.75. The van der Waals surface area contributed by atoms with Gasteiger partial charge in [-0.25, -0.2) is 9.97 Å². The lowest BCUT2D eigenvalue weighted by molar-refractivity contribution is 0.603. The van der Waals surface area contributed by atoms with Crippen molar-refractivity contribution < 1.29 is 0 Å². The van der Waals surface area contributed by atoms with E-state index in [9.17, 15) is 0 Å². The van der Waals surface area contributed by atoms with Crippen LogP contribution in [0.1, 0.15) is 42.8 Å². The Hall–Kier alpha value is -1.43. The Labute approximate surface area is 186 Å². The smallest absolute Gasteiger partial charge is 0.151 e. The van der Waals surface area contributed by atoms with E-state index in [4.69, 9.17) is 33.9 Å². The number of hydrogen-bond acceptors (Lipinski definition) is 4. The maximum Gasteiger partial charge on any atom is 0.151 e. The summed E-state index contributed by atoms with van der Waals surface area (Å²) in [5, 5.41) is 1.40. The molecule has 1 fully saturated rings. The van der Waals surface area contributed by atoms with Gasteiger partial charge in [-0.1, -0.05) is 23.2 Å². The number of anilines is 1. The van der Waals surface area contributed by atoms with Crippen LogP contribution in [0.4, 0.5) is 5.82 Å². The Kier molecular flexibility index (Phi) is 6.28. The molecule has 2 N–H and O–H groups in total. The highest BCUT2D eigenvalue weighted by molar-refractivity contribution is 7.99. The van der Waals surface area contributed by atoms with Gasteiger partial charge in [0.15, 0.2) is 5.82 Å². The average Bonchev–Trinajstić information content (AvgIpc) is 3.41. The second-order valence-electron chi connectivity index (χ2n) is 7.86. The fourth-order valence-corrected chi connectivity index (χ4v) is 5.17. The molecule has 29 heavy (non-hydrogen) atoms. The zero-order chi connectivity index (χ0) is 20.5. The Morgan fingerprint density at radius 2 is 1.97 bits per heavy atom. The molecule has 0 amide bonds. The maximum absolute atomic E-state index is 6.28. The largest absolute Gasteiger partial charge is 0.382 e. The SMILES string of the molecule is Cc1nc(N)c2nc(CC3CC3)n(CCCCSc3ccc(Cl)cc3Cl)c2c1C. The fraction of sp³-hybridized carbons (Fsp3) is 0.455. The summed E-state index contributed by atoms with van der Waals surface area (Å²) in [7, 11) is 0. The molecule has 2 heterocycles. The van der Waals surface area contributed by atoms with Crippen LogP contribution in [0.5, 0.6) is 0 Å². The molecule has 3 aromatic rings. The van der Waals surface area contributed by atoms with E-state index in [1.165, 1.54) is 23.9 Å². The van der Waals surface area contributed by atoms with Gasteiger partial charge in [0.05, 0.1) is 10.5 Å². The second-order valence-corrected chi connectivity index (χ2v) is 9.84. The maximum atomic E-state index is 6.28. The number of halogens is 2. The third-order valence-electron chi connectivity index (χ3n) is 5.57. The van der Waals surface area contributed by atoms with E-state index in [1.807, 2.05) is 19.1 Å². The summed E-state index contributed by atoms with van der Waals surface area (Å²) in [5.41, 5.74) is 10.4. The molecule has 1 saturated carbocycles. The number of benzene rings is 1. The number of unbranched alkanes of at least 4 members (excludes halogenated alkanes) is 1. The van der Waals surface area contributed by atoms with Crippen molar-refractivity contribution in [1.82, 2.24) is 14.5 Å². The minimum atomic E-state index is 0.548. The molecule has 0 unspecified atom stereocenters. The normalized spacial score (nSPS) is 14.1. The predicted octanol–water partition coefficient (Wildman–Crippen LogP) is 6.46. The molecular formula is C22H26Cl2N4S. The molecule has 2 aromatic heterocycles. The van der Waals surface area contributed by atoms with E-state index in [0.717, 1.165) is 64.4 Å². The molecule has 1 aliphatic rings. The molecule has 1 aliphatic carbocycles.